The number of amides is 1. The van der Waals surface area contributed by atoms with Gasteiger partial charge in [0, 0.05) is 25.6 Å². The third kappa shape index (κ3) is 2.51. The highest BCUT2D eigenvalue weighted by Crippen LogP contribution is 2.52. The molecule has 3 aliphatic rings. The van der Waals surface area contributed by atoms with Gasteiger partial charge < -0.3 is 31.1 Å². The molecule has 0 aromatic heterocycles. The van der Waals surface area contributed by atoms with E-state index >= 15 is 0 Å². The molecule has 2 unspecified atom stereocenters. The number of allylic oxidation sites excluding steroid dienone is 1. The molecular formula is C21H24N2O7. The lowest BCUT2D eigenvalue weighted by Crippen LogP contribution is -2.63. The molecule has 0 heterocycles. The van der Waals surface area contributed by atoms with Gasteiger partial charge in [-0.05, 0) is 36.8 Å². The van der Waals surface area contributed by atoms with Crippen LogP contribution in [0.3, 0.4) is 0 Å². The fourth-order valence-electron chi connectivity index (χ4n) is 5.25. The van der Waals surface area contributed by atoms with E-state index in [9.17, 15) is 34.8 Å². The number of fused-ring (bicyclic) bond motifs is 3. The quantitative estimate of drug-likeness (QED) is 0.415. The fourth-order valence-corrected chi connectivity index (χ4v) is 5.25. The zero-order chi connectivity index (χ0) is 22.1. The number of aliphatic hydroxyl groups is 3. The number of phenols is 1. The minimum absolute atomic E-state index is 0.0239. The number of nitrogens with zero attached hydrogens (tertiary/aromatic N) is 1. The van der Waals surface area contributed by atoms with E-state index in [0.29, 0.717) is 17.7 Å². The molecule has 0 bridgehead atoms. The number of primary amides is 1. The molecule has 1 aromatic carbocycles. The van der Waals surface area contributed by atoms with Gasteiger partial charge in [0.25, 0.3) is 0 Å². The normalized spacial score (nSPS) is 32.9. The van der Waals surface area contributed by atoms with E-state index < -0.39 is 52.7 Å². The van der Waals surface area contributed by atoms with Crippen molar-refractivity contribution in [2.75, 3.05) is 19.0 Å². The lowest BCUT2D eigenvalue weighted by Gasteiger charge is -2.48. The zero-order valence-corrected chi connectivity index (χ0v) is 16.6. The van der Waals surface area contributed by atoms with Crippen LogP contribution < -0.4 is 10.6 Å². The van der Waals surface area contributed by atoms with Crippen molar-refractivity contribution in [3.8, 4) is 5.75 Å². The van der Waals surface area contributed by atoms with Crippen LogP contribution in [0.5, 0.6) is 5.75 Å². The molecule has 1 saturated carbocycles. The Morgan fingerprint density at radius 1 is 1.20 bits per heavy atom. The number of aliphatic hydroxyl groups excluding tert-OH is 2. The summed E-state index contributed by atoms with van der Waals surface area (Å²) in [6.45, 7) is 0. The van der Waals surface area contributed by atoms with Crippen molar-refractivity contribution in [3.05, 3.63) is 34.6 Å². The predicted octanol–water partition coefficient (Wildman–Crippen LogP) is -0.188. The second-order valence-corrected chi connectivity index (χ2v) is 8.60. The van der Waals surface area contributed by atoms with Crippen molar-refractivity contribution in [3.63, 3.8) is 0 Å². The fraction of sp³-hybridized carbons (Fsp3) is 0.476. The first-order chi connectivity index (χ1) is 14.0. The molecule has 0 radical (unpaired) electrons. The minimum atomic E-state index is -2.48. The molecule has 0 aliphatic heterocycles. The van der Waals surface area contributed by atoms with E-state index in [-0.39, 0.29) is 29.7 Å². The first kappa shape index (κ1) is 20.4. The molecule has 30 heavy (non-hydrogen) atoms. The van der Waals surface area contributed by atoms with Crippen molar-refractivity contribution >= 4 is 23.2 Å². The molecule has 9 heteroatoms. The number of hydrogen-bond acceptors (Lipinski definition) is 8. The molecule has 6 N–H and O–H groups in total. The topological polar surface area (TPSA) is 161 Å². The third-order valence-electron chi connectivity index (χ3n) is 6.72. The molecular weight excluding hydrogens is 392 g/mol. The van der Waals surface area contributed by atoms with Gasteiger partial charge in [-0.25, -0.2) is 0 Å². The summed E-state index contributed by atoms with van der Waals surface area (Å²) in [6, 6.07) is 3.43. The summed E-state index contributed by atoms with van der Waals surface area (Å²) in [6.07, 6.45) is -1.01. The van der Waals surface area contributed by atoms with Crippen LogP contribution >= 0.6 is 0 Å². The molecule has 1 amide bonds. The van der Waals surface area contributed by atoms with Gasteiger partial charge in [0.05, 0.1) is 17.4 Å². The Bertz CT molecular complexity index is 1010. The van der Waals surface area contributed by atoms with Crippen LogP contribution in [0, 0.1) is 17.8 Å². The molecule has 1 fully saturated rings. The largest absolute Gasteiger partial charge is 0.508 e. The number of phenolic OH excluding ortho intramolecular Hbond substituents is 1. The lowest BCUT2D eigenvalue weighted by atomic mass is 9.58. The van der Waals surface area contributed by atoms with Crippen molar-refractivity contribution in [1.29, 1.82) is 0 Å². The van der Waals surface area contributed by atoms with Gasteiger partial charge in [0.2, 0.25) is 5.91 Å². The minimum Gasteiger partial charge on any atom is -0.508 e. The van der Waals surface area contributed by atoms with Gasteiger partial charge >= 0.3 is 0 Å². The highest BCUT2D eigenvalue weighted by Gasteiger charge is 2.62. The lowest BCUT2D eigenvalue weighted by molar-refractivity contribution is -0.167. The second-order valence-electron chi connectivity index (χ2n) is 8.60. The summed E-state index contributed by atoms with van der Waals surface area (Å²) in [4.78, 5) is 39.5. The summed E-state index contributed by atoms with van der Waals surface area (Å²) in [5.74, 6) is -6.96. The summed E-state index contributed by atoms with van der Waals surface area (Å²) >= 11 is 0. The van der Waals surface area contributed by atoms with Crippen LogP contribution in [0.4, 0.5) is 5.69 Å². The van der Waals surface area contributed by atoms with Crippen molar-refractivity contribution in [1.82, 2.24) is 0 Å². The smallest absolute Gasteiger partial charge is 0.230 e. The summed E-state index contributed by atoms with van der Waals surface area (Å²) in [5, 5.41) is 43.0. The number of benzene rings is 1. The number of anilines is 1. The molecule has 160 valence electrons. The average Bonchev–Trinajstić information content (AvgIpc) is 2.64. The molecule has 4 rings (SSSR count). The van der Waals surface area contributed by atoms with Crippen molar-refractivity contribution in [2.24, 2.45) is 23.5 Å². The summed E-state index contributed by atoms with van der Waals surface area (Å²) < 4.78 is 0. The van der Waals surface area contributed by atoms with Gasteiger partial charge in [-0.2, -0.15) is 0 Å². The van der Waals surface area contributed by atoms with Crippen LogP contribution in [-0.2, 0) is 16.0 Å². The maximum atomic E-state index is 13.3. The SMILES string of the molecule is CN(C)c1ccc2c(c1O)C(=O)C1=C(O)[C@]3(O)C(=O)C(C(N)=O)C(O)C[C@@H]3C[C@@H]1C2. The van der Waals surface area contributed by atoms with Gasteiger partial charge in [-0.15, -0.1) is 0 Å². The molecule has 1 aromatic rings. The molecule has 5 atom stereocenters. The highest BCUT2D eigenvalue weighted by atomic mass is 16.3. The predicted molar refractivity (Wildman–Crippen MR) is 105 cm³/mol. The van der Waals surface area contributed by atoms with Crippen molar-refractivity contribution in [2.45, 2.75) is 31.0 Å². The first-order valence-corrected chi connectivity index (χ1v) is 9.74. The van der Waals surface area contributed by atoms with E-state index in [2.05, 4.69) is 0 Å². The van der Waals surface area contributed by atoms with Gasteiger partial charge in [-0.3, -0.25) is 14.4 Å². The van der Waals surface area contributed by atoms with E-state index in [1.54, 1.807) is 31.1 Å². The maximum Gasteiger partial charge on any atom is 0.230 e. The van der Waals surface area contributed by atoms with Crippen LogP contribution in [0.2, 0.25) is 0 Å². The summed E-state index contributed by atoms with van der Waals surface area (Å²) in [5.41, 5.74) is 3.65. The Morgan fingerprint density at radius 3 is 2.47 bits per heavy atom. The maximum absolute atomic E-state index is 13.3. The van der Waals surface area contributed by atoms with Gasteiger partial charge in [0.15, 0.2) is 17.2 Å². The number of nitrogens with two attached hydrogens (primary N) is 1. The van der Waals surface area contributed by atoms with Gasteiger partial charge in [-0.1, -0.05) is 6.07 Å². The number of Topliss-reactive ketones (excluding diaryl/α,β-unsaturated/α-hetero) is 2. The van der Waals surface area contributed by atoms with Crippen LogP contribution in [0.15, 0.2) is 23.5 Å². The van der Waals surface area contributed by atoms with E-state index in [1.165, 1.54) is 0 Å². The van der Waals surface area contributed by atoms with E-state index in [1.807, 2.05) is 0 Å². The Morgan fingerprint density at radius 2 is 1.87 bits per heavy atom. The summed E-state index contributed by atoms with van der Waals surface area (Å²) in [7, 11) is 3.41. The first-order valence-electron chi connectivity index (χ1n) is 9.74. The molecule has 9 nitrogen and oxygen atoms in total. The van der Waals surface area contributed by atoms with Crippen LogP contribution in [0.25, 0.3) is 0 Å². The molecule has 0 spiro atoms. The number of carbonyl (C=O) groups excluding carboxylic acids is 3. The zero-order valence-electron chi connectivity index (χ0n) is 16.6. The van der Waals surface area contributed by atoms with Gasteiger partial charge in [0.1, 0.15) is 17.4 Å². The number of hydrogen-bond donors (Lipinski definition) is 5. The molecule has 0 saturated heterocycles. The van der Waals surface area contributed by atoms with Crippen LogP contribution in [-0.4, -0.2) is 63.7 Å². The Hall–Kier alpha value is -2.91. The number of ketones is 2. The Kier molecular flexibility index (Phi) is 4.44. The monoisotopic (exact) mass is 416 g/mol. The Balaban J connectivity index is 1.88. The number of carbonyl (C=O) groups is 3. The highest BCUT2D eigenvalue weighted by molar-refractivity contribution is 6.16. The standard InChI is InChI=1S/C21H24N2O7/c1-23(2)11-4-3-8-5-9-6-10-7-12(24)15(20(22)29)19(28)21(10,30)18(27)14(9)17(26)13(8)16(11)25/h3-4,9-10,12,15,24-25,27,30H,5-7H2,1-2H3,(H2,22,29)/t9-,10-,12?,15?,21-/m0/s1. The average molecular weight is 416 g/mol. The van der Waals surface area contributed by atoms with E-state index in [4.69, 9.17) is 5.73 Å². The van der Waals surface area contributed by atoms with Crippen molar-refractivity contribution < 1.29 is 34.8 Å². The van der Waals surface area contributed by atoms with Crippen LogP contribution in [0.1, 0.15) is 28.8 Å². The number of rotatable bonds is 2. The third-order valence-corrected chi connectivity index (χ3v) is 6.72. The Labute approximate surface area is 172 Å². The number of aromatic hydroxyl groups is 1. The molecule has 3 aliphatic carbocycles. The van der Waals surface area contributed by atoms with E-state index in [0.717, 1.165) is 0 Å². The second kappa shape index (κ2) is 6.55.